The minimum absolute atomic E-state index is 1.04. The molecule has 0 spiro atoms. The number of hydrogen-bond donors (Lipinski definition) is 0. The van der Waals surface area contributed by atoms with E-state index in [1.807, 2.05) is 24.3 Å². The molecule has 0 radical (unpaired) electrons. The van der Waals surface area contributed by atoms with Gasteiger partial charge < -0.3 is 0 Å². The molecule has 0 heterocycles. The summed E-state index contributed by atoms with van der Waals surface area (Å²) in [6, 6.07) is 14.3. The van der Waals surface area contributed by atoms with Crippen molar-refractivity contribution in [2.75, 3.05) is 0 Å². The molecule has 0 nitrogen and oxygen atoms in total. The third-order valence-corrected chi connectivity index (χ3v) is 2.17. The number of fused-ring (bicyclic) bond motifs is 1. The van der Waals surface area contributed by atoms with Crippen LogP contribution in [-0.2, 0) is 15.7 Å². The zero-order valence-electron chi connectivity index (χ0n) is 5.87. The van der Waals surface area contributed by atoms with Crippen molar-refractivity contribution in [2.45, 2.75) is 0 Å². The molecule has 0 amide bonds. The molecule has 0 aliphatic rings. The molecule has 0 aliphatic heterocycles. The third kappa shape index (κ3) is 1.17. The monoisotopic (exact) mass is 186 g/mol. The predicted molar refractivity (Wildman–Crippen MR) is 43.6 cm³/mol. The molecule has 0 aromatic heterocycles. The number of benzene rings is 2. The summed E-state index contributed by atoms with van der Waals surface area (Å²) in [5.41, 5.74) is 0. The molecule has 0 N–H and O–H groups in total. The Morgan fingerprint density at radius 2 is 1.55 bits per heavy atom. The molecule has 0 atom stereocenters. The van der Waals surface area contributed by atoms with Gasteiger partial charge in [0.2, 0.25) is 0 Å². The molecule has 2 aromatic carbocycles. The standard InChI is InChI=1S/C10H7.Co/c1-2-6-10-8-4-3-7-9(10)5-1;/h1-7H;. The van der Waals surface area contributed by atoms with Crippen LogP contribution in [0.5, 0.6) is 0 Å². The Morgan fingerprint density at radius 3 is 2.36 bits per heavy atom. The third-order valence-electron chi connectivity index (χ3n) is 1.72. The molecule has 0 aliphatic carbocycles. The van der Waals surface area contributed by atoms with E-state index in [1.54, 1.807) is 0 Å². The fourth-order valence-electron chi connectivity index (χ4n) is 1.17. The fraction of sp³-hybridized carbons (Fsp3) is 0. The Balaban J connectivity index is 2.91. The first-order valence-corrected chi connectivity index (χ1v) is 4.01. The van der Waals surface area contributed by atoms with Gasteiger partial charge in [0.05, 0.1) is 0 Å². The van der Waals surface area contributed by atoms with Crippen LogP contribution < -0.4 is 4.50 Å². The summed E-state index contributed by atoms with van der Waals surface area (Å²) < 4.78 is 1.04. The first-order valence-electron chi connectivity index (χ1n) is 3.49. The van der Waals surface area contributed by atoms with Crippen molar-refractivity contribution < 1.29 is 15.7 Å². The van der Waals surface area contributed by atoms with Gasteiger partial charge in [0.1, 0.15) is 0 Å². The average Bonchev–Trinajstić information content (AvgIpc) is 2.06. The van der Waals surface area contributed by atoms with Gasteiger partial charge >= 0.3 is 73.5 Å². The van der Waals surface area contributed by atoms with Gasteiger partial charge in [0.15, 0.2) is 0 Å². The Morgan fingerprint density at radius 1 is 0.818 bits per heavy atom. The summed E-state index contributed by atoms with van der Waals surface area (Å²) in [5.74, 6) is 0. The van der Waals surface area contributed by atoms with E-state index in [0.29, 0.717) is 0 Å². The van der Waals surface area contributed by atoms with Crippen LogP contribution >= 0.6 is 0 Å². The maximum absolute atomic E-state index is 4.40. The SMILES string of the molecule is [Co][c]1cccc2ccccc12. The van der Waals surface area contributed by atoms with Crippen molar-refractivity contribution in [1.82, 2.24) is 0 Å². The van der Waals surface area contributed by atoms with E-state index in [-0.39, 0.29) is 0 Å². The van der Waals surface area contributed by atoms with E-state index in [9.17, 15) is 0 Å². The molecule has 0 saturated carbocycles. The number of rotatable bonds is 0. The van der Waals surface area contributed by atoms with Crippen molar-refractivity contribution in [3.05, 3.63) is 42.5 Å². The Hall–Kier alpha value is -0.794. The molecule has 0 saturated heterocycles. The second-order valence-corrected chi connectivity index (χ2v) is 3.00. The van der Waals surface area contributed by atoms with Crippen LogP contribution in [-0.4, -0.2) is 0 Å². The average molecular weight is 186 g/mol. The van der Waals surface area contributed by atoms with Gasteiger partial charge in [-0.15, -0.1) is 0 Å². The van der Waals surface area contributed by atoms with Crippen LogP contribution in [0.3, 0.4) is 0 Å². The summed E-state index contributed by atoms with van der Waals surface area (Å²) in [6.45, 7) is 0. The van der Waals surface area contributed by atoms with Crippen LogP contribution in [0.15, 0.2) is 42.5 Å². The summed E-state index contributed by atoms with van der Waals surface area (Å²) in [4.78, 5) is 0. The first-order chi connectivity index (χ1) is 5.38. The van der Waals surface area contributed by atoms with Gasteiger partial charge in [0.25, 0.3) is 0 Å². The Labute approximate surface area is 73.8 Å². The molecular formula is C10H7Co. The zero-order chi connectivity index (χ0) is 7.68. The molecule has 2 rings (SSSR count). The van der Waals surface area contributed by atoms with Gasteiger partial charge in [-0.05, 0) is 0 Å². The molecule has 56 valence electrons. The van der Waals surface area contributed by atoms with Crippen LogP contribution in [0, 0.1) is 0 Å². The van der Waals surface area contributed by atoms with E-state index in [1.165, 1.54) is 10.8 Å². The fourth-order valence-corrected chi connectivity index (χ4v) is 1.51. The van der Waals surface area contributed by atoms with E-state index < -0.39 is 0 Å². The zero-order valence-corrected chi connectivity index (χ0v) is 6.92. The minimum atomic E-state index is 1.04. The van der Waals surface area contributed by atoms with E-state index in [4.69, 9.17) is 0 Å². The van der Waals surface area contributed by atoms with Crippen LogP contribution in [0.4, 0.5) is 0 Å². The van der Waals surface area contributed by atoms with Crippen molar-refractivity contribution >= 4 is 15.3 Å². The van der Waals surface area contributed by atoms with Crippen molar-refractivity contribution in [2.24, 2.45) is 0 Å². The van der Waals surface area contributed by atoms with Crippen molar-refractivity contribution in [3.63, 3.8) is 0 Å². The van der Waals surface area contributed by atoms with Crippen LogP contribution in [0.25, 0.3) is 10.8 Å². The molecule has 0 bridgehead atoms. The quantitative estimate of drug-likeness (QED) is 0.590. The van der Waals surface area contributed by atoms with E-state index >= 15 is 0 Å². The molecule has 1 heteroatoms. The molecular weight excluding hydrogens is 179 g/mol. The van der Waals surface area contributed by atoms with Crippen LogP contribution in [0.1, 0.15) is 0 Å². The predicted octanol–water partition coefficient (Wildman–Crippen LogP) is 2.01. The normalized spacial score (nSPS) is 10.4. The van der Waals surface area contributed by atoms with Gasteiger partial charge in [-0.2, -0.15) is 0 Å². The number of hydrogen-bond acceptors (Lipinski definition) is 0. The summed E-state index contributed by atoms with van der Waals surface area (Å²) >= 11 is 4.40. The van der Waals surface area contributed by atoms with Crippen LogP contribution in [0.2, 0.25) is 0 Å². The summed E-state index contributed by atoms with van der Waals surface area (Å²) in [5, 5.41) is 2.47. The summed E-state index contributed by atoms with van der Waals surface area (Å²) in [6.07, 6.45) is 0. The van der Waals surface area contributed by atoms with Gasteiger partial charge in [-0.1, -0.05) is 0 Å². The molecule has 2 aromatic rings. The Kier molecular flexibility index (Phi) is 1.68. The van der Waals surface area contributed by atoms with Gasteiger partial charge in [-0.25, -0.2) is 0 Å². The maximum atomic E-state index is 4.40. The second-order valence-electron chi connectivity index (χ2n) is 2.44. The summed E-state index contributed by atoms with van der Waals surface area (Å²) in [7, 11) is 0. The molecule has 0 unspecified atom stereocenters. The van der Waals surface area contributed by atoms with E-state index in [2.05, 4.69) is 33.9 Å². The van der Waals surface area contributed by atoms with Crippen molar-refractivity contribution in [3.8, 4) is 0 Å². The van der Waals surface area contributed by atoms with Gasteiger partial charge in [-0.3, -0.25) is 0 Å². The van der Waals surface area contributed by atoms with Gasteiger partial charge in [0, 0.05) is 0 Å². The first kappa shape index (κ1) is 6.89. The van der Waals surface area contributed by atoms with E-state index in [0.717, 1.165) is 4.50 Å². The molecule has 11 heavy (non-hydrogen) atoms. The Bertz CT molecular complexity index is 374. The van der Waals surface area contributed by atoms with Crippen molar-refractivity contribution in [1.29, 1.82) is 0 Å². The second kappa shape index (κ2) is 2.68. The topological polar surface area (TPSA) is 0 Å². The molecule has 0 fully saturated rings.